The summed E-state index contributed by atoms with van der Waals surface area (Å²) in [5, 5.41) is 0. The second-order valence-corrected chi connectivity index (χ2v) is 9.33. The molecule has 1 saturated heterocycles. The number of aromatic amines is 1. The number of thioether (sulfide) groups is 1. The Morgan fingerprint density at radius 3 is 2.30 bits per heavy atom. The Balaban J connectivity index is 1.62. The third-order valence-corrected chi connectivity index (χ3v) is 6.88. The third kappa shape index (κ3) is 4.02. The predicted octanol–water partition coefficient (Wildman–Crippen LogP) is 6.31. The van der Waals surface area contributed by atoms with E-state index in [2.05, 4.69) is 14.9 Å². The van der Waals surface area contributed by atoms with Gasteiger partial charge in [-0.15, -0.1) is 0 Å². The lowest BCUT2D eigenvalue weighted by Crippen LogP contribution is -2.32. The molecule has 0 radical (unpaired) electrons. The minimum absolute atomic E-state index is 0.0320. The number of aryl methyl sites for hydroxylation is 1. The molecule has 3 nitrogen and oxygen atoms in total. The Hall–Kier alpha value is -2.84. The first-order valence-corrected chi connectivity index (χ1v) is 11.8. The number of benzene rings is 3. The molecule has 2 heterocycles. The molecule has 1 aliphatic rings. The quantitative estimate of drug-likeness (QED) is 0.280. The summed E-state index contributed by atoms with van der Waals surface area (Å²) >= 11 is 1.85. The topological polar surface area (TPSA) is 31.9 Å². The van der Waals surface area contributed by atoms with Crippen molar-refractivity contribution in [2.24, 2.45) is 0 Å². The van der Waals surface area contributed by atoms with Gasteiger partial charge in [0.05, 0.1) is 22.2 Å². The normalized spacial score (nSPS) is 14.8. The molecule has 0 spiro atoms. The van der Waals surface area contributed by atoms with E-state index in [1.165, 1.54) is 18.2 Å². The fraction of sp³-hybridized carbons (Fsp3) is 0.240. The molecule has 0 aliphatic carbocycles. The molecule has 3 aromatic carbocycles. The van der Waals surface area contributed by atoms with Gasteiger partial charge in [-0.25, -0.2) is 22.5 Å². The molecule has 1 N–H and O–H groups in total. The highest BCUT2D eigenvalue weighted by Crippen LogP contribution is 2.39. The van der Waals surface area contributed by atoms with Crippen molar-refractivity contribution in [2.45, 2.75) is 13.5 Å². The fourth-order valence-corrected chi connectivity index (χ4v) is 5.30. The molecule has 0 amide bonds. The van der Waals surface area contributed by atoms with E-state index in [9.17, 15) is 0 Å². The molecule has 1 aromatic heterocycles. The maximum Gasteiger partial charge on any atom is 0.170 e. The van der Waals surface area contributed by atoms with Gasteiger partial charge in [0.2, 0.25) is 0 Å². The first-order chi connectivity index (χ1) is 15.9. The summed E-state index contributed by atoms with van der Waals surface area (Å²) in [4.78, 5) is 9.39. The SMILES string of the molecule is Cc1nc2ccc(-c3c(F)c(F)c(-c4ccccc4CN4CCSCC4)c(F)c3F)cc2[nH]1. The Morgan fingerprint density at radius 2 is 1.58 bits per heavy atom. The van der Waals surface area contributed by atoms with Gasteiger partial charge < -0.3 is 4.98 Å². The van der Waals surface area contributed by atoms with Gasteiger partial charge in [0.15, 0.2) is 23.3 Å². The molecule has 8 heteroatoms. The fourth-order valence-electron chi connectivity index (χ4n) is 4.32. The Labute approximate surface area is 192 Å². The molecule has 0 saturated carbocycles. The number of halogens is 4. The highest BCUT2D eigenvalue weighted by Gasteiger charge is 2.28. The number of hydrogen-bond acceptors (Lipinski definition) is 3. The Morgan fingerprint density at radius 1 is 0.909 bits per heavy atom. The summed E-state index contributed by atoms with van der Waals surface area (Å²) < 4.78 is 61.2. The van der Waals surface area contributed by atoms with Crippen LogP contribution >= 0.6 is 11.8 Å². The van der Waals surface area contributed by atoms with Crippen LogP contribution in [0.5, 0.6) is 0 Å². The van der Waals surface area contributed by atoms with Crippen molar-refractivity contribution >= 4 is 22.8 Å². The summed E-state index contributed by atoms with van der Waals surface area (Å²) in [7, 11) is 0. The van der Waals surface area contributed by atoms with Gasteiger partial charge >= 0.3 is 0 Å². The number of H-pyrrole nitrogens is 1. The molecule has 0 unspecified atom stereocenters. The lowest BCUT2D eigenvalue weighted by atomic mass is 9.94. The number of imidazole rings is 1. The van der Waals surface area contributed by atoms with Gasteiger partial charge in [-0.2, -0.15) is 11.8 Å². The molecule has 5 rings (SSSR count). The minimum atomic E-state index is -1.41. The molecule has 1 fully saturated rings. The van der Waals surface area contributed by atoms with Crippen LogP contribution in [0, 0.1) is 30.2 Å². The largest absolute Gasteiger partial charge is 0.342 e. The molecule has 170 valence electrons. The van der Waals surface area contributed by atoms with Crippen LogP contribution < -0.4 is 0 Å². The zero-order valence-electron chi connectivity index (χ0n) is 17.9. The van der Waals surface area contributed by atoms with Gasteiger partial charge in [0, 0.05) is 31.1 Å². The van der Waals surface area contributed by atoms with Crippen LogP contribution in [0.15, 0.2) is 42.5 Å². The molecule has 33 heavy (non-hydrogen) atoms. The van der Waals surface area contributed by atoms with Crippen molar-refractivity contribution in [3.63, 3.8) is 0 Å². The summed E-state index contributed by atoms with van der Waals surface area (Å²) in [6.45, 7) is 3.90. The van der Waals surface area contributed by atoms with Crippen molar-refractivity contribution in [3.05, 3.63) is 77.1 Å². The zero-order valence-corrected chi connectivity index (χ0v) is 18.7. The highest BCUT2D eigenvalue weighted by molar-refractivity contribution is 7.99. The van der Waals surface area contributed by atoms with Crippen LogP contribution in [0.2, 0.25) is 0 Å². The van der Waals surface area contributed by atoms with Crippen molar-refractivity contribution in [1.29, 1.82) is 0 Å². The number of nitrogens with zero attached hydrogens (tertiary/aromatic N) is 2. The van der Waals surface area contributed by atoms with Crippen LogP contribution in [-0.4, -0.2) is 39.5 Å². The van der Waals surface area contributed by atoms with Gasteiger partial charge in [-0.1, -0.05) is 30.3 Å². The molecule has 4 aromatic rings. The van der Waals surface area contributed by atoms with E-state index >= 15 is 17.6 Å². The van der Waals surface area contributed by atoms with Gasteiger partial charge in [-0.3, -0.25) is 4.90 Å². The maximum absolute atomic E-state index is 15.3. The lowest BCUT2D eigenvalue weighted by Gasteiger charge is -2.27. The van der Waals surface area contributed by atoms with Crippen LogP contribution in [0.25, 0.3) is 33.3 Å². The molecular weight excluding hydrogens is 450 g/mol. The van der Waals surface area contributed by atoms with Crippen molar-refractivity contribution in [1.82, 2.24) is 14.9 Å². The average Bonchev–Trinajstić information content (AvgIpc) is 3.19. The Bertz CT molecular complexity index is 1320. The number of nitrogens with one attached hydrogen (secondary N) is 1. The van der Waals surface area contributed by atoms with Crippen molar-refractivity contribution in [2.75, 3.05) is 24.6 Å². The second kappa shape index (κ2) is 8.83. The second-order valence-electron chi connectivity index (χ2n) is 8.11. The monoisotopic (exact) mass is 471 g/mol. The van der Waals surface area contributed by atoms with Crippen LogP contribution in [0.3, 0.4) is 0 Å². The van der Waals surface area contributed by atoms with E-state index in [-0.39, 0.29) is 11.1 Å². The summed E-state index contributed by atoms with van der Waals surface area (Å²) in [6, 6.07) is 11.0. The van der Waals surface area contributed by atoms with Gasteiger partial charge in [-0.05, 0) is 35.7 Å². The summed E-state index contributed by atoms with van der Waals surface area (Å²) in [5.74, 6) is -3.04. The van der Waals surface area contributed by atoms with E-state index in [1.54, 1.807) is 31.2 Å². The van der Waals surface area contributed by atoms with Crippen molar-refractivity contribution in [3.8, 4) is 22.3 Å². The number of hydrogen-bond donors (Lipinski definition) is 1. The number of fused-ring (bicyclic) bond motifs is 1. The number of rotatable bonds is 4. The van der Waals surface area contributed by atoms with Crippen LogP contribution in [0.1, 0.15) is 11.4 Å². The van der Waals surface area contributed by atoms with E-state index in [0.29, 0.717) is 29.0 Å². The van der Waals surface area contributed by atoms with E-state index in [1.807, 2.05) is 11.8 Å². The van der Waals surface area contributed by atoms with Gasteiger partial charge in [0.1, 0.15) is 5.82 Å². The van der Waals surface area contributed by atoms with E-state index < -0.39 is 34.4 Å². The molecule has 0 atom stereocenters. The van der Waals surface area contributed by atoms with E-state index in [0.717, 1.165) is 24.6 Å². The number of aromatic nitrogens is 2. The molecule has 0 bridgehead atoms. The third-order valence-electron chi connectivity index (χ3n) is 5.94. The predicted molar refractivity (Wildman–Crippen MR) is 124 cm³/mol. The maximum atomic E-state index is 15.3. The summed E-state index contributed by atoms with van der Waals surface area (Å²) in [6.07, 6.45) is 0. The van der Waals surface area contributed by atoms with Crippen LogP contribution in [-0.2, 0) is 6.54 Å². The molecule has 1 aliphatic heterocycles. The van der Waals surface area contributed by atoms with Gasteiger partial charge in [0.25, 0.3) is 0 Å². The summed E-state index contributed by atoms with van der Waals surface area (Å²) in [5.41, 5.74) is 0.545. The zero-order chi connectivity index (χ0) is 23.1. The minimum Gasteiger partial charge on any atom is -0.342 e. The smallest absolute Gasteiger partial charge is 0.170 e. The van der Waals surface area contributed by atoms with Crippen molar-refractivity contribution < 1.29 is 17.6 Å². The first kappa shape index (κ1) is 22.0. The highest BCUT2D eigenvalue weighted by atomic mass is 32.2. The van der Waals surface area contributed by atoms with E-state index in [4.69, 9.17) is 0 Å². The molecular formula is C25H21F4N3S. The Kier molecular flexibility index (Phi) is 5.88. The lowest BCUT2D eigenvalue weighted by molar-refractivity contribution is 0.295. The van der Waals surface area contributed by atoms with Crippen LogP contribution in [0.4, 0.5) is 17.6 Å². The first-order valence-electron chi connectivity index (χ1n) is 10.6. The standard InChI is InChI=1S/C25H21F4N3S/c1-14-30-18-7-6-15(12-19(18)31-14)20-22(26)24(28)21(25(29)23(20)27)17-5-3-2-4-16(17)13-32-8-10-33-11-9-32/h2-7,12H,8-11,13H2,1H3,(H,30,31). The average molecular weight is 472 g/mol.